The minimum atomic E-state index is -0.558. The molecule has 0 atom stereocenters. The molecule has 2 N–H and O–H groups in total. The quantitative estimate of drug-likeness (QED) is 0.425. The largest absolute Gasteiger partial charge is 0.462 e. The highest BCUT2D eigenvalue weighted by Gasteiger charge is 2.12. The number of amides is 1. The van der Waals surface area contributed by atoms with Crippen LogP contribution in [-0.4, -0.2) is 48.2 Å². The van der Waals surface area contributed by atoms with Gasteiger partial charge in [-0.2, -0.15) is 5.26 Å². The maximum atomic E-state index is 12.1. The van der Waals surface area contributed by atoms with Gasteiger partial charge < -0.3 is 20.1 Å². The Kier molecular flexibility index (Phi) is 8.02. The number of aliphatic hydroxyl groups excluding tert-OH is 1. The molecule has 7 heteroatoms. The van der Waals surface area contributed by atoms with Gasteiger partial charge in [0.1, 0.15) is 11.6 Å². The monoisotopic (exact) mass is 331 g/mol. The van der Waals surface area contributed by atoms with Crippen molar-refractivity contribution in [3.05, 3.63) is 41.6 Å². The minimum absolute atomic E-state index is 0.0695. The summed E-state index contributed by atoms with van der Waals surface area (Å²) in [7, 11) is 0. The van der Waals surface area contributed by atoms with Crippen molar-refractivity contribution in [1.29, 1.82) is 5.26 Å². The first-order valence-corrected chi connectivity index (χ1v) is 7.61. The predicted octanol–water partition coefficient (Wildman–Crippen LogP) is 1.52. The minimum Gasteiger partial charge on any atom is -0.462 e. The highest BCUT2D eigenvalue weighted by Crippen LogP contribution is 2.12. The summed E-state index contributed by atoms with van der Waals surface area (Å²) in [6, 6.07) is 8.03. The number of hydrogen-bond acceptors (Lipinski definition) is 6. The zero-order valence-electron chi connectivity index (χ0n) is 13.8. The normalized spacial score (nSPS) is 10.7. The summed E-state index contributed by atoms with van der Waals surface area (Å²) in [5.74, 6) is -0.992. The summed E-state index contributed by atoms with van der Waals surface area (Å²) in [6.07, 6.45) is 1.42. The van der Waals surface area contributed by atoms with Gasteiger partial charge in [-0.05, 0) is 38.1 Å². The summed E-state index contributed by atoms with van der Waals surface area (Å²) >= 11 is 0. The van der Waals surface area contributed by atoms with Crippen molar-refractivity contribution in [2.75, 3.05) is 31.6 Å². The second-order valence-electron chi connectivity index (χ2n) is 4.76. The molecule has 0 unspecified atom stereocenters. The molecule has 0 saturated heterocycles. The third-order valence-corrected chi connectivity index (χ3v) is 3.12. The fourth-order valence-corrected chi connectivity index (χ4v) is 1.87. The number of benzene rings is 1. The van der Waals surface area contributed by atoms with Crippen LogP contribution in [0, 0.1) is 11.3 Å². The molecule has 0 radical (unpaired) electrons. The molecule has 24 heavy (non-hydrogen) atoms. The van der Waals surface area contributed by atoms with Gasteiger partial charge in [0.2, 0.25) is 0 Å². The SMILES string of the molecule is CCOC(=O)c1ccc(NC(=O)/C(C#N)=C\N(CC)CCO)cc1. The van der Waals surface area contributed by atoms with E-state index in [2.05, 4.69) is 5.32 Å². The Morgan fingerprint density at radius 3 is 2.50 bits per heavy atom. The van der Waals surface area contributed by atoms with Crippen LogP contribution in [0.25, 0.3) is 0 Å². The topological polar surface area (TPSA) is 103 Å². The Labute approximate surface area is 141 Å². The number of carbonyl (C=O) groups excluding carboxylic acids is 2. The van der Waals surface area contributed by atoms with E-state index in [1.807, 2.05) is 13.0 Å². The van der Waals surface area contributed by atoms with Gasteiger partial charge in [-0.15, -0.1) is 0 Å². The second kappa shape index (κ2) is 10.0. The molecule has 0 bridgehead atoms. The summed E-state index contributed by atoms with van der Waals surface area (Å²) in [6.45, 7) is 4.69. The number of rotatable bonds is 8. The maximum Gasteiger partial charge on any atom is 0.338 e. The molecule has 0 heterocycles. The van der Waals surface area contributed by atoms with Gasteiger partial charge in [-0.3, -0.25) is 4.79 Å². The molecule has 0 aliphatic carbocycles. The van der Waals surface area contributed by atoms with Crippen LogP contribution < -0.4 is 5.32 Å². The van der Waals surface area contributed by atoms with E-state index in [0.29, 0.717) is 24.3 Å². The zero-order valence-corrected chi connectivity index (χ0v) is 13.8. The van der Waals surface area contributed by atoms with Crippen molar-refractivity contribution >= 4 is 17.6 Å². The van der Waals surface area contributed by atoms with Gasteiger partial charge in [-0.1, -0.05) is 0 Å². The molecule has 0 aliphatic rings. The number of nitriles is 1. The van der Waals surface area contributed by atoms with Crippen LogP contribution in [0.15, 0.2) is 36.0 Å². The van der Waals surface area contributed by atoms with Crippen molar-refractivity contribution < 1.29 is 19.4 Å². The van der Waals surface area contributed by atoms with E-state index in [-0.39, 0.29) is 18.8 Å². The molecule has 0 saturated carbocycles. The highest BCUT2D eigenvalue weighted by atomic mass is 16.5. The van der Waals surface area contributed by atoms with Crippen molar-refractivity contribution in [2.24, 2.45) is 0 Å². The number of anilines is 1. The lowest BCUT2D eigenvalue weighted by atomic mass is 10.2. The van der Waals surface area contributed by atoms with Crippen LogP contribution in [0.3, 0.4) is 0 Å². The third-order valence-electron chi connectivity index (χ3n) is 3.12. The van der Waals surface area contributed by atoms with Crippen LogP contribution in [0.4, 0.5) is 5.69 Å². The van der Waals surface area contributed by atoms with Gasteiger partial charge in [-0.25, -0.2) is 4.79 Å². The average Bonchev–Trinajstić information content (AvgIpc) is 2.59. The number of nitrogens with zero attached hydrogens (tertiary/aromatic N) is 2. The smallest absolute Gasteiger partial charge is 0.338 e. The first kappa shape index (κ1) is 19.2. The van der Waals surface area contributed by atoms with Gasteiger partial charge in [0.15, 0.2) is 0 Å². The van der Waals surface area contributed by atoms with Crippen molar-refractivity contribution in [3.8, 4) is 6.07 Å². The van der Waals surface area contributed by atoms with Gasteiger partial charge in [0, 0.05) is 25.0 Å². The van der Waals surface area contributed by atoms with Crippen LogP contribution >= 0.6 is 0 Å². The van der Waals surface area contributed by atoms with Gasteiger partial charge in [0.05, 0.1) is 18.8 Å². The number of nitrogens with one attached hydrogen (secondary N) is 1. The lowest BCUT2D eigenvalue weighted by Crippen LogP contribution is -2.23. The van der Waals surface area contributed by atoms with Crippen LogP contribution in [0.1, 0.15) is 24.2 Å². The number of esters is 1. The van der Waals surface area contributed by atoms with Crippen molar-refractivity contribution in [3.63, 3.8) is 0 Å². The molecule has 0 fully saturated rings. The van der Waals surface area contributed by atoms with E-state index in [4.69, 9.17) is 15.1 Å². The molecule has 1 aromatic rings. The van der Waals surface area contributed by atoms with E-state index >= 15 is 0 Å². The summed E-state index contributed by atoms with van der Waals surface area (Å²) < 4.78 is 4.88. The van der Waals surface area contributed by atoms with E-state index < -0.39 is 11.9 Å². The van der Waals surface area contributed by atoms with E-state index in [1.165, 1.54) is 18.3 Å². The van der Waals surface area contributed by atoms with Gasteiger partial charge >= 0.3 is 5.97 Å². The number of hydrogen-bond donors (Lipinski definition) is 2. The molecular weight excluding hydrogens is 310 g/mol. The summed E-state index contributed by atoms with van der Waals surface area (Å²) in [5.41, 5.74) is 0.769. The van der Waals surface area contributed by atoms with E-state index in [1.54, 1.807) is 24.0 Å². The van der Waals surface area contributed by atoms with Crippen LogP contribution in [-0.2, 0) is 9.53 Å². The first-order chi connectivity index (χ1) is 11.5. The molecule has 0 spiro atoms. The fourth-order valence-electron chi connectivity index (χ4n) is 1.87. The Balaban J connectivity index is 2.80. The standard InChI is InChI=1S/C17H21N3O4/c1-3-20(9-10-21)12-14(11-18)16(22)19-15-7-5-13(6-8-15)17(23)24-4-2/h5-8,12,21H,3-4,9-10H2,1-2H3,(H,19,22)/b14-12-. The molecule has 1 rings (SSSR count). The number of ether oxygens (including phenoxy) is 1. The molecule has 0 aliphatic heterocycles. The Morgan fingerprint density at radius 2 is 2.00 bits per heavy atom. The summed E-state index contributed by atoms with van der Waals surface area (Å²) in [4.78, 5) is 25.4. The lowest BCUT2D eigenvalue weighted by Gasteiger charge is -2.17. The molecule has 0 aromatic heterocycles. The maximum absolute atomic E-state index is 12.1. The molecule has 7 nitrogen and oxygen atoms in total. The van der Waals surface area contributed by atoms with E-state index in [9.17, 15) is 9.59 Å². The second-order valence-corrected chi connectivity index (χ2v) is 4.76. The molecular formula is C17H21N3O4. The van der Waals surface area contributed by atoms with Crippen LogP contribution in [0.5, 0.6) is 0 Å². The number of carbonyl (C=O) groups is 2. The predicted molar refractivity (Wildman–Crippen MR) is 89.1 cm³/mol. The van der Waals surface area contributed by atoms with Crippen molar-refractivity contribution in [2.45, 2.75) is 13.8 Å². The third kappa shape index (κ3) is 5.74. The fraction of sp³-hybridized carbons (Fsp3) is 0.353. The van der Waals surface area contributed by atoms with Crippen molar-refractivity contribution in [1.82, 2.24) is 4.90 Å². The Morgan fingerprint density at radius 1 is 1.33 bits per heavy atom. The Bertz CT molecular complexity index is 632. The number of aliphatic hydroxyl groups is 1. The summed E-state index contributed by atoms with van der Waals surface area (Å²) in [5, 5.41) is 20.7. The first-order valence-electron chi connectivity index (χ1n) is 7.61. The number of likely N-dealkylation sites (N-methyl/N-ethyl adjacent to an activating group) is 1. The van der Waals surface area contributed by atoms with Gasteiger partial charge in [0.25, 0.3) is 5.91 Å². The lowest BCUT2D eigenvalue weighted by molar-refractivity contribution is -0.112. The average molecular weight is 331 g/mol. The Hall–Kier alpha value is -2.85. The zero-order chi connectivity index (χ0) is 17.9. The van der Waals surface area contributed by atoms with E-state index in [0.717, 1.165) is 0 Å². The molecule has 1 amide bonds. The highest BCUT2D eigenvalue weighted by molar-refractivity contribution is 6.06. The van der Waals surface area contributed by atoms with Crippen LogP contribution in [0.2, 0.25) is 0 Å². The molecule has 1 aromatic carbocycles. The molecule has 128 valence electrons.